The van der Waals surface area contributed by atoms with Crippen molar-refractivity contribution in [3.05, 3.63) is 18.5 Å². The molecule has 3 rings (SSSR count). The van der Waals surface area contributed by atoms with Crippen molar-refractivity contribution in [2.24, 2.45) is 5.92 Å². The summed E-state index contributed by atoms with van der Waals surface area (Å²) < 4.78 is 2.00. The van der Waals surface area contributed by atoms with E-state index in [0.717, 1.165) is 45.7 Å². The van der Waals surface area contributed by atoms with E-state index in [1.165, 1.54) is 45.1 Å². The third-order valence-electron chi connectivity index (χ3n) is 5.68. The fourth-order valence-corrected chi connectivity index (χ4v) is 4.22. The van der Waals surface area contributed by atoms with E-state index in [4.69, 9.17) is 0 Å². The lowest BCUT2D eigenvalue weighted by Crippen LogP contribution is -2.44. The average molecular weight is 362 g/mol. The number of aryl methyl sites for hydroxylation is 1. The molecule has 3 heterocycles. The molecule has 6 nitrogen and oxygen atoms in total. The van der Waals surface area contributed by atoms with Gasteiger partial charge < -0.3 is 10.2 Å². The van der Waals surface area contributed by atoms with Crippen LogP contribution >= 0.6 is 0 Å². The van der Waals surface area contributed by atoms with Crippen LogP contribution in [0.2, 0.25) is 0 Å². The number of hydrogen-bond donors (Lipinski definition) is 1. The van der Waals surface area contributed by atoms with Crippen LogP contribution in [0.5, 0.6) is 0 Å². The Kier molecular flexibility index (Phi) is 7.95. The summed E-state index contributed by atoms with van der Waals surface area (Å²) in [6, 6.07) is 1.98. The Balaban J connectivity index is 1.30. The van der Waals surface area contributed by atoms with Gasteiger partial charge in [0.2, 0.25) is 5.91 Å². The zero-order chi connectivity index (χ0) is 18.0. The lowest BCUT2D eigenvalue weighted by Gasteiger charge is -2.33. The molecule has 1 atom stereocenters. The second-order valence-corrected chi connectivity index (χ2v) is 7.93. The second-order valence-electron chi connectivity index (χ2n) is 7.93. The van der Waals surface area contributed by atoms with Crippen LogP contribution in [0.25, 0.3) is 0 Å². The molecule has 2 fully saturated rings. The number of hydrogen-bond acceptors (Lipinski definition) is 4. The molecule has 0 saturated carbocycles. The zero-order valence-electron chi connectivity index (χ0n) is 16.1. The first-order valence-electron chi connectivity index (χ1n) is 10.5. The van der Waals surface area contributed by atoms with Gasteiger partial charge in [0.25, 0.3) is 0 Å². The topological polar surface area (TPSA) is 53.4 Å². The zero-order valence-corrected chi connectivity index (χ0v) is 16.1. The van der Waals surface area contributed by atoms with Gasteiger partial charge in [-0.2, -0.15) is 5.10 Å². The fraction of sp³-hybridized carbons (Fsp3) is 0.800. The first kappa shape index (κ1) is 19.4. The Morgan fingerprint density at radius 2 is 1.85 bits per heavy atom. The molecule has 1 amide bonds. The van der Waals surface area contributed by atoms with Crippen LogP contribution in [0, 0.1) is 5.92 Å². The molecule has 26 heavy (non-hydrogen) atoms. The van der Waals surface area contributed by atoms with Crippen LogP contribution in [0.15, 0.2) is 18.5 Å². The summed E-state index contributed by atoms with van der Waals surface area (Å²) in [7, 11) is 0. The standard InChI is InChI=1S/C20H35N5O/c26-20(18-24-10-3-1-2-4-11-24)21-16-19-8-5-12-23(17-19)13-7-15-25-14-6-9-22-25/h6,9,14,19H,1-5,7-8,10-13,15-18H2,(H,21,26). The van der Waals surface area contributed by atoms with E-state index in [9.17, 15) is 4.79 Å². The van der Waals surface area contributed by atoms with Gasteiger partial charge in [-0.05, 0) is 70.3 Å². The van der Waals surface area contributed by atoms with Gasteiger partial charge in [0, 0.05) is 32.0 Å². The molecular weight excluding hydrogens is 326 g/mol. The van der Waals surface area contributed by atoms with Gasteiger partial charge in [-0.1, -0.05) is 12.8 Å². The van der Waals surface area contributed by atoms with Gasteiger partial charge >= 0.3 is 0 Å². The van der Waals surface area contributed by atoms with Gasteiger partial charge in [-0.15, -0.1) is 0 Å². The minimum Gasteiger partial charge on any atom is -0.355 e. The molecule has 0 aromatic carbocycles. The van der Waals surface area contributed by atoms with E-state index in [0.29, 0.717) is 12.5 Å². The van der Waals surface area contributed by atoms with Crippen LogP contribution in [0.1, 0.15) is 44.9 Å². The lowest BCUT2D eigenvalue weighted by molar-refractivity contribution is -0.122. The SMILES string of the molecule is O=C(CN1CCCCCC1)NCC1CCCN(CCCn2cccn2)C1. The third-order valence-corrected chi connectivity index (χ3v) is 5.68. The Morgan fingerprint density at radius 3 is 2.62 bits per heavy atom. The van der Waals surface area contributed by atoms with Crippen molar-refractivity contribution in [1.82, 2.24) is 24.9 Å². The molecule has 1 N–H and O–H groups in total. The maximum Gasteiger partial charge on any atom is 0.234 e. The summed E-state index contributed by atoms with van der Waals surface area (Å²) in [5.74, 6) is 0.809. The van der Waals surface area contributed by atoms with E-state index in [1.807, 2.05) is 23.1 Å². The summed E-state index contributed by atoms with van der Waals surface area (Å²) in [4.78, 5) is 17.2. The molecule has 1 unspecified atom stereocenters. The van der Waals surface area contributed by atoms with Crippen molar-refractivity contribution < 1.29 is 4.79 Å². The normalized spacial score (nSPS) is 22.8. The van der Waals surface area contributed by atoms with Crippen molar-refractivity contribution in [1.29, 1.82) is 0 Å². The van der Waals surface area contributed by atoms with Crippen LogP contribution in [-0.4, -0.2) is 71.3 Å². The summed E-state index contributed by atoms with van der Waals surface area (Å²) >= 11 is 0. The fourth-order valence-electron chi connectivity index (χ4n) is 4.22. The summed E-state index contributed by atoms with van der Waals surface area (Å²) in [5, 5.41) is 7.46. The molecule has 146 valence electrons. The molecule has 2 aliphatic rings. The highest BCUT2D eigenvalue weighted by Crippen LogP contribution is 2.16. The Bertz CT molecular complexity index is 510. The van der Waals surface area contributed by atoms with Crippen molar-refractivity contribution in [2.45, 2.75) is 51.5 Å². The van der Waals surface area contributed by atoms with Gasteiger partial charge in [0.1, 0.15) is 0 Å². The van der Waals surface area contributed by atoms with Gasteiger partial charge in [-0.3, -0.25) is 14.4 Å². The van der Waals surface area contributed by atoms with E-state index < -0.39 is 0 Å². The molecule has 1 aromatic heterocycles. The highest BCUT2D eigenvalue weighted by molar-refractivity contribution is 5.78. The van der Waals surface area contributed by atoms with E-state index in [-0.39, 0.29) is 5.91 Å². The molecule has 2 aliphatic heterocycles. The molecule has 0 bridgehead atoms. The number of carbonyl (C=O) groups is 1. The number of likely N-dealkylation sites (tertiary alicyclic amines) is 2. The number of amides is 1. The Labute approximate surface area is 157 Å². The molecule has 2 saturated heterocycles. The minimum atomic E-state index is 0.211. The van der Waals surface area contributed by atoms with Gasteiger partial charge in [0.05, 0.1) is 6.54 Å². The Morgan fingerprint density at radius 1 is 1.04 bits per heavy atom. The molecular formula is C20H35N5O. The molecule has 0 aliphatic carbocycles. The highest BCUT2D eigenvalue weighted by atomic mass is 16.2. The summed E-state index contributed by atoms with van der Waals surface area (Å²) in [6.45, 7) is 8.00. The largest absolute Gasteiger partial charge is 0.355 e. The number of nitrogens with one attached hydrogen (secondary N) is 1. The molecule has 1 aromatic rings. The van der Waals surface area contributed by atoms with E-state index in [1.54, 1.807) is 0 Å². The molecule has 6 heteroatoms. The van der Waals surface area contributed by atoms with Crippen molar-refractivity contribution in [3.8, 4) is 0 Å². The lowest BCUT2D eigenvalue weighted by atomic mass is 9.98. The maximum atomic E-state index is 12.3. The predicted molar refractivity (Wildman–Crippen MR) is 104 cm³/mol. The van der Waals surface area contributed by atoms with Crippen LogP contribution < -0.4 is 5.32 Å². The minimum absolute atomic E-state index is 0.211. The summed E-state index contributed by atoms with van der Waals surface area (Å²) in [6.07, 6.45) is 12.6. The predicted octanol–water partition coefficient (Wildman–Crippen LogP) is 1.98. The average Bonchev–Trinajstić information content (AvgIpc) is 3.04. The molecule has 0 spiro atoms. The number of nitrogens with zero attached hydrogens (tertiary/aromatic N) is 4. The van der Waals surface area contributed by atoms with Crippen molar-refractivity contribution >= 4 is 5.91 Å². The third kappa shape index (κ3) is 6.72. The van der Waals surface area contributed by atoms with Crippen molar-refractivity contribution in [3.63, 3.8) is 0 Å². The highest BCUT2D eigenvalue weighted by Gasteiger charge is 2.20. The monoisotopic (exact) mass is 361 g/mol. The number of piperidine rings is 1. The van der Waals surface area contributed by atoms with E-state index >= 15 is 0 Å². The number of aromatic nitrogens is 2. The number of carbonyl (C=O) groups excluding carboxylic acids is 1. The smallest absolute Gasteiger partial charge is 0.234 e. The summed E-state index contributed by atoms with van der Waals surface area (Å²) in [5.41, 5.74) is 0. The first-order valence-corrected chi connectivity index (χ1v) is 10.5. The second kappa shape index (κ2) is 10.7. The quantitative estimate of drug-likeness (QED) is 0.769. The van der Waals surface area contributed by atoms with E-state index in [2.05, 4.69) is 20.2 Å². The van der Waals surface area contributed by atoms with Gasteiger partial charge in [0.15, 0.2) is 0 Å². The molecule has 0 radical (unpaired) electrons. The number of rotatable bonds is 8. The van der Waals surface area contributed by atoms with Crippen LogP contribution in [-0.2, 0) is 11.3 Å². The first-order chi connectivity index (χ1) is 12.8. The van der Waals surface area contributed by atoms with Gasteiger partial charge in [-0.25, -0.2) is 0 Å². The van der Waals surface area contributed by atoms with Crippen LogP contribution in [0.3, 0.4) is 0 Å². The van der Waals surface area contributed by atoms with Crippen molar-refractivity contribution in [2.75, 3.05) is 45.8 Å². The Hall–Kier alpha value is -1.40. The maximum absolute atomic E-state index is 12.3. The van der Waals surface area contributed by atoms with Crippen LogP contribution in [0.4, 0.5) is 0 Å².